The number of methoxy groups -OCH3 is 1. The number of alkyl halides is 3. The predicted molar refractivity (Wildman–Crippen MR) is 110 cm³/mol. The zero-order valence-corrected chi connectivity index (χ0v) is 18.1. The highest BCUT2D eigenvalue weighted by atomic mass is 19.4. The summed E-state index contributed by atoms with van der Waals surface area (Å²) in [5.41, 5.74) is -0.403. The quantitative estimate of drug-likeness (QED) is 0.403. The molecule has 0 unspecified atom stereocenters. The minimum absolute atomic E-state index is 0.0718. The monoisotopic (exact) mass is 469 g/mol. The highest BCUT2D eigenvalue weighted by molar-refractivity contribution is 5.90. The molecule has 0 amide bonds. The number of halogens is 5. The fourth-order valence-electron chi connectivity index (χ4n) is 4.30. The third-order valence-corrected chi connectivity index (χ3v) is 6.04. The van der Waals surface area contributed by atoms with Crippen LogP contribution >= 0.6 is 0 Å². The zero-order valence-electron chi connectivity index (χ0n) is 18.1. The van der Waals surface area contributed by atoms with Crippen LogP contribution in [-0.2, 0) is 17.5 Å². The molecule has 0 spiro atoms. The lowest BCUT2D eigenvalue weighted by Gasteiger charge is -2.34. The lowest BCUT2D eigenvalue weighted by Crippen LogP contribution is -2.41. The first-order chi connectivity index (χ1) is 15.7. The Morgan fingerprint density at radius 2 is 1.88 bits per heavy atom. The minimum Gasteiger partial charge on any atom is -0.489 e. The molecule has 1 heterocycles. The summed E-state index contributed by atoms with van der Waals surface area (Å²) >= 11 is 0. The van der Waals surface area contributed by atoms with Crippen molar-refractivity contribution in [3.8, 4) is 5.75 Å². The van der Waals surface area contributed by atoms with E-state index < -0.39 is 29.3 Å². The van der Waals surface area contributed by atoms with Crippen molar-refractivity contribution < 1.29 is 36.2 Å². The molecule has 0 aromatic heterocycles. The number of ether oxygens (including phenoxy) is 2. The summed E-state index contributed by atoms with van der Waals surface area (Å²) in [5.74, 6) is -1.72. The normalized spacial score (nSPS) is 19.4. The minimum atomic E-state index is -4.58. The van der Waals surface area contributed by atoms with Crippen molar-refractivity contribution >= 4 is 5.97 Å². The van der Waals surface area contributed by atoms with Crippen LogP contribution in [0.15, 0.2) is 30.3 Å². The summed E-state index contributed by atoms with van der Waals surface area (Å²) in [6.45, 7) is 0.786. The summed E-state index contributed by atoms with van der Waals surface area (Å²) in [4.78, 5) is 13.6. The van der Waals surface area contributed by atoms with Gasteiger partial charge in [-0.15, -0.1) is 0 Å². The van der Waals surface area contributed by atoms with Crippen LogP contribution in [0.4, 0.5) is 22.0 Å². The molecule has 2 fully saturated rings. The Hall–Kier alpha value is -2.68. The third-order valence-electron chi connectivity index (χ3n) is 6.04. The van der Waals surface area contributed by atoms with Crippen LogP contribution in [0.25, 0.3) is 0 Å². The molecule has 1 saturated carbocycles. The van der Waals surface area contributed by atoms with Gasteiger partial charge >= 0.3 is 12.1 Å². The van der Waals surface area contributed by atoms with Gasteiger partial charge in [0.15, 0.2) is 0 Å². The van der Waals surface area contributed by atoms with Crippen LogP contribution in [0.1, 0.15) is 58.6 Å². The number of rotatable bonds is 6. The van der Waals surface area contributed by atoms with Gasteiger partial charge in [0.25, 0.3) is 0 Å². The molecular weight excluding hydrogens is 445 g/mol. The molecule has 1 atom stereocenters. The number of esters is 1. The predicted octanol–water partition coefficient (Wildman–Crippen LogP) is 5.69. The largest absolute Gasteiger partial charge is 0.489 e. The molecule has 0 radical (unpaired) electrons. The average molecular weight is 469 g/mol. The van der Waals surface area contributed by atoms with Crippen molar-refractivity contribution in [1.82, 2.24) is 4.90 Å². The van der Waals surface area contributed by atoms with E-state index in [2.05, 4.69) is 4.74 Å². The fraction of sp³-hybridized carbons (Fsp3) is 0.458. The number of hydrogen-bond acceptors (Lipinski definition) is 4. The van der Waals surface area contributed by atoms with Crippen LogP contribution in [0.5, 0.6) is 5.75 Å². The molecule has 178 valence electrons. The van der Waals surface area contributed by atoms with Gasteiger partial charge in [-0.3, -0.25) is 4.90 Å². The van der Waals surface area contributed by atoms with E-state index in [1.54, 1.807) is 4.90 Å². The number of piperidine rings is 1. The molecule has 0 bridgehead atoms. The third kappa shape index (κ3) is 5.46. The Labute approximate surface area is 188 Å². The summed E-state index contributed by atoms with van der Waals surface area (Å²) in [7, 11) is 1.18. The van der Waals surface area contributed by atoms with Gasteiger partial charge in [0.1, 0.15) is 23.5 Å². The first-order valence-corrected chi connectivity index (χ1v) is 10.8. The molecule has 2 aliphatic rings. The zero-order chi connectivity index (χ0) is 23.8. The second kappa shape index (κ2) is 9.29. The molecule has 2 aromatic rings. The van der Waals surface area contributed by atoms with Crippen molar-refractivity contribution in [2.75, 3.05) is 20.2 Å². The van der Waals surface area contributed by atoms with E-state index >= 15 is 0 Å². The maximum atomic E-state index is 14.5. The average Bonchev–Trinajstić information content (AvgIpc) is 3.58. The van der Waals surface area contributed by atoms with E-state index in [4.69, 9.17) is 4.74 Å². The number of benzene rings is 2. The topological polar surface area (TPSA) is 38.8 Å². The van der Waals surface area contributed by atoms with Crippen molar-refractivity contribution in [1.29, 1.82) is 0 Å². The SMILES string of the molecule is COC(=O)c1cc(C2CC2)c(O[C@@H]2CCCN(Cc3cc(F)ccc3C(F)(F)F)C2)cc1F. The summed E-state index contributed by atoms with van der Waals surface area (Å²) < 4.78 is 79.0. The number of nitrogens with zero attached hydrogens (tertiary/aromatic N) is 1. The molecule has 1 aliphatic carbocycles. The smallest absolute Gasteiger partial charge is 0.416 e. The maximum Gasteiger partial charge on any atom is 0.416 e. The first kappa shape index (κ1) is 23.5. The summed E-state index contributed by atoms with van der Waals surface area (Å²) in [6, 6.07) is 5.14. The Kier molecular flexibility index (Phi) is 6.61. The number of carbonyl (C=O) groups excluding carboxylic acids is 1. The molecule has 0 N–H and O–H groups in total. The van der Waals surface area contributed by atoms with Gasteiger partial charge in [0, 0.05) is 19.2 Å². The van der Waals surface area contributed by atoms with Crippen molar-refractivity contribution in [2.45, 2.75) is 50.4 Å². The van der Waals surface area contributed by atoms with E-state index in [9.17, 15) is 26.7 Å². The molecule has 2 aromatic carbocycles. The van der Waals surface area contributed by atoms with E-state index in [1.807, 2.05) is 0 Å². The van der Waals surface area contributed by atoms with Gasteiger partial charge in [-0.05, 0) is 73.5 Å². The number of hydrogen-bond donors (Lipinski definition) is 0. The Bertz CT molecular complexity index is 1040. The number of likely N-dealkylation sites (tertiary alicyclic amines) is 1. The highest BCUT2D eigenvalue weighted by Gasteiger charge is 2.35. The van der Waals surface area contributed by atoms with Gasteiger partial charge in [-0.25, -0.2) is 13.6 Å². The second-order valence-corrected chi connectivity index (χ2v) is 8.55. The van der Waals surface area contributed by atoms with Gasteiger partial charge in [-0.2, -0.15) is 13.2 Å². The molecule has 33 heavy (non-hydrogen) atoms. The van der Waals surface area contributed by atoms with E-state index in [0.717, 1.165) is 36.6 Å². The van der Waals surface area contributed by atoms with Gasteiger partial charge in [-0.1, -0.05) is 0 Å². The van der Waals surface area contributed by atoms with Crippen molar-refractivity contribution in [3.05, 3.63) is 64.2 Å². The first-order valence-electron chi connectivity index (χ1n) is 10.8. The Morgan fingerprint density at radius 3 is 2.55 bits per heavy atom. The van der Waals surface area contributed by atoms with Gasteiger partial charge in [0.05, 0.1) is 18.2 Å². The molecule has 4 rings (SSSR count). The Morgan fingerprint density at radius 1 is 1.12 bits per heavy atom. The van der Waals surface area contributed by atoms with Gasteiger partial charge in [0.2, 0.25) is 0 Å². The number of carbonyl (C=O) groups is 1. The molecule has 1 saturated heterocycles. The fourth-order valence-corrected chi connectivity index (χ4v) is 4.30. The highest BCUT2D eigenvalue weighted by Crippen LogP contribution is 2.45. The van der Waals surface area contributed by atoms with E-state index in [0.29, 0.717) is 31.7 Å². The lowest BCUT2D eigenvalue weighted by molar-refractivity contribution is -0.138. The lowest BCUT2D eigenvalue weighted by atomic mass is 10.0. The van der Waals surface area contributed by atoms with Crippen LogP contribution in [0.3, 0.4) is 0 Å². The van der Waals surface area contributed by atoms with Crippen LogP contribution in [0, 0.1) is 11.6 Å². The van der Waals surface area contributed by atoms with Crippen LogP contribution in [-0.4, -0.2) is 37.2 Å². The van der Waals surface area contributed by atoms with Crippen LogP contribution < -0.4 is 4.74 Å². The van der Waals surface area contributed by atoms with E-state index in [1.165, 1.54) is 19.2 Å². The molecule has 4 nitrogen and oxygen atoms in total. The van der Waals surface area contributed by atoms with Crippen molar-refractivity contribution in [3.63, 3.8) is 0 Å². The van der Waals surface area contributed by atoms with Crippen molar-refractivity contribution in [2.24, 2.45) is 0 Å². The van der Waals surface area contributed by atoms with Crippen LogP contribution in [0.2, 0.25) is 0 Å². The Balaban J connectivity index is 1.51. The maximum absolute atomic E-state index is 14.5. The molecular formula is C24H24F5NO3. The standard InChI is InChI=1S/C24H24F5NO3/c1-32-23(31)19-10-18(14-4-5-14)22(11-21(19)26)33-17-3-2-8-30(13-17)12-15-9-16(25)6-7-20(15)24(27,28)29/h6-7,9-11,14,17H,2-5,8,12-13H2,1H3/t17-/m1/s1. The summed E-state index contributed by atoms with van der Waals surface area (Å²) in [6.07, 6.45) is -1.83. The summed E-state index contributed by atoms with van der Waals surface area (Å²) in [5, 5.41) is 0. The van der Waals surface area contributed by atoms with E-state index in [-0.39, 0.29) is 29.7 Å². The second-order valence-electron chi connectivity index (χ2n) is 8.55. The molecule has 9 heteroatoms. The molecule has 1 aliphatic heterocycles. The van der Waals surface area contributed by atoms with Gasteiger partial charge < -0.3 is 9.47 Å².